The molecule has 2 aromatic rings. The van der Waals surface area contributed by atoms with Gasteiger partial charge < -0.3 is 23.7 Å². The molecule has 0 bridgehead atoms. The van der Waals surface area contributed by atoms with E-state index in [1.165, 1.54) is 7.11 Å². The summed E-state index contributed by atoms with van der Waals surface area (Å²) in [5.41, 5.74) is 1.45. The van der Waals surface area contributed by atoms with Gasteiger partial charge in [0.2, 0.25) is 6.79 Å². The van der Waals surface area contributed by atoms with Crippen LogP contribution >= 0.6 is 0 Å². The monoisotopic (exact) mass is 386 g/mol. The first-order chi connectivity index (χ1) is 13.6. The van der Waals surface area contributed by atoms with E-state index in [9.17, 15) is 4.79 Å². The van der Waals surface area contributed by atoms with Crippen molar-refractivity contribution in [2.75, 3.05) is 34.7 Å². The van der Waals surface area contributed by atoms with E-state index in [0.717, 1.165) is 5.56 Å². The Labute approximate surface area is 163 Å². The molecule has 0 saturated heterocycles. The molecule has 0 radical (unpaired) electrons. The number of amides is 1. The zero-order chi connectivity index (χ0) is 19.9. The second-order valence-electron chi connectivity index (χ2n) is 5.85. The lowest BCUT2D eigenvalue weighted by molar-refractivity contribution is 0.0968. The van der Waals surface area contributed by atoms with Gasteiger partial charge in [-0.15, -0.1) is 0 Å². The average Bonchev–Trinajstić information content (AvgIpc) is 3.20. The molecule has 1 aliphatic heterocycles. The smallest absolute Gasteiger partial charge is 0.291 e. The number of benzene rings is 2. The van der Waals surface area contributed by atoms with Crippen LogP contribution in [-0.4, -0.2) is 46.6 Å². The number of fused-ring (bicyclic) bond motifs is 1. The first-order valence-electron chi connectivity index (χ1n) is 8.65. The number of carbonyl (C=O) groups excluding carboxylic acids is 1. The van der Waals surface area contributed by atoms with E-state index in [0.29, 0.717) is 41.5 Å². The minimum atomic E-state index is -0.343. The Hall–Kier alpha value is -3.42. The third-order valence-electron chi connectivity index (χ3n) is 4.15. The van der Waals surface area contributed by atoms with Crippen LogP contribution in [-0.2, 0) is 11.2 Å². The third-order valence-corrected chi connectivity index (χ3v) is 4.15. The number of rotatable bonds is 6. The molecule has 1 amide bonds. The zero-order valence-corrected chi connectivity index (χ0v) is 16.0. The topological polar surface area (TPSA) is 87.6 Å². The molecule has 8 nitrogen and oxygen atoms in total. The van der Waals surface area contributed by atoms with Crippen LogP contribution < -0.4 is 24.3 Å². The molecule has 0 saturated carbocycles. The highest BCUT2D eigenvalue weighted by molar-refractivity contribution is 6.04. The highest BCUT2D eigenvalue weighted by Crippen LogP contribution is 2.32. The summed E-state index contributed by atoms with van der Waals surface area (Å²) in [6, 6.07) is 10.8. The Morgan fingerprint density at radius 1 is 1.04 bits per heavy atom. The normalized spacial score (nSPS) is 12.5. The van der Waals surface area contributed by atoms with Gasteiger partial charge in [-0.1, -0.05) is 6.07 Å². The highest BCUT2D eigenvalue weighted by atomic mass is 16.7. The number of hydrogen-bond acceptors (Lipinski definition) is 7. The van der Waals surface area contributed by atoms with Crippen LogP contribution in [0.25, 0.3) is 0 Å². The Morgan fingerprint density at radius 3 is 2.57 bits per heavy atom. The number of amidine groups is 1. The summed E-state index contributed by atoms with van der Waals surface area (Å²) in [5.74, 6) is 2.14. The highest BCUT2D eigenvalue weighted by Gasteiger charge is 2.17. The Balaban J connectivity index is 1.60. The van der Waals surface area contributed by atoms with Gasteiger partial charge in [0.1, 0.15) is 0 Å². The van der Waals surface area contributed by atoms with Gasteiger partial charge in [0, 0.05) is 12.1 Å². The summed E-state index contributed by atoms with van der Waals surface area (Å²) in [5, 5.41) is 2.65. The Kier molecular flexibility index (Phi) is 6.21. The van der Waals surface area contributed by atoms with Gasteiger partial charge in [-0.2, -0.15) is 0 Å². The molecule has 2 aromatic carbocycles. The van der Waals surface area contributed by atoms with Crippen molar-refractivity contribution in [3.05, 3.63) is 47.5 Å². The van der Waals surface area contributed by atoms with E-state index >= 15 is 0 Å². The minimum absolute atomic E-state index is 0.142. The SMILES string of the molecule is COC(=NCCc1ccc(OC)c(OC)c1)NC(=O)c1ccc2c(c1)OCO2. The van der Waals surface area contributed by atoms with Gasteiger partial charge in [0.25, 0.3) is 11.9 Å². The van der Waals surface area contributed by atoms with Crippen molar-refractivity contribution in [2.24, 2.45) is 4.99 Å². The maximum atomic E-state index is 12.4. The van der Waals surface area contributed by atoms with Gasteiger partial charge in [0.15, 0.2) is 23.0 Å². The molecule has 1 aliphatic rings. The van der Waals surface area contributed by atoms with Crippen molar-refractivity contribution in [2.45, 2.75) is 6.42 Å². The second-order valence-corrected chi connectivity index (χ2v) is 5.85. The molecule has 0 fully saturated rings. The van der Waals surface area contributed by atoms with E-state index in [4.69, 9.17) is 23.7 Å². The molecule has 1 N–H and O–H groups in total. The first kappa shape index (κ1) is 19.3. The lowest BCUT2D eigenvalue weighted by Crippen LogP contribution is -2.32. The first-order valence-corrected chi connectivity index (χ1v) is 8.65. The number of nitrogens with zero attached hydrogens (tertiary/aromatic N) is 1. The zero-order valence-electron chi connectivity index (χ0n) is 16.0. The molecule has 0 aromatic heterocycles. The summed E-state index contributed by atoms with van der Waals surface area (Å²) in [4.78, 5) is 16.7. The number of nitrogens with one attached hydrogen (secondary N) is 1. The molecule has 0 unspecified atom stereocenters. The number of ether oxygens (including phenoxy) is 5. The number of aliphatic imine (C=N–C) groups is 1. The predicted octanol–water partition coefficient (Wildman–Crippen LogP) is 2.41. The maximum Gasteiger partial charge on any atom is 0.291 e. The van der Waals surface area contributed by atoms with E-state index in [1.807, 2.05) is 18.2 Å². The molecule has 0 atom stereocenters. The van der Waals surface area contributed by atoms with Crippen molar-refractivity contribution in [3.63, 3.8) is 0 Å². The lowest BCUT2D eigenvalue weighted by Gasteiger charge is -2.10. The number of hydrogen-bond donors (Lipinski definition) is 1. The largest absolute Gasteiger partial charge is 0.493 e. The van der Waals surface area contributed by atoms with Crippen molar-refractivity contribution in [3.8, 4) is 23.0 Å². The predicted molar refractivity (Wildman–Crippen MR) is 103 cm³/mol. The van der Waals surface area contributed by atoms with Gasteiger partial charge in [0.05, 0.1) is 21.3 Å². The van der Waals surface area contributed by atoms with Crippen molar-refractivity contribution < 1.29 is 28.5 Å². The summed E-state index contributed by atoms with van der Waals surface area (Å²) in [6.07, 6.45) is 0.646. The number of carbonyl (C=O) groups is 1. The summed E-state index contributed by atoms with van der Waals surface area (Å²) < 4.78 is 26.2. The van der Waals surface area contributed by atoms with Crippen molar-refractivity contribution in [1.82, 2.24) is 5.32 Å². The van der Waals surface area contributed by atoms with E-state index in [2.05, 4.69) is 10.3 Å². The van der Waals surface area contributed by atoms with E-state index < -0.39 is 0 Å². The Morgan fingerprint density at radius 2 is 1.82 bits per heavy atom. The molecule has 3 rings (SSSR count). The fourth-order valence-corrected chi connectivity index (χ4v) is 2.68. The van der Waals surface area contributed by atoms with Crippen molar-refractivity contribution >= 4 is 11.9 Å². The van der Waals surface area contributed by atoms with Gasteiger partial charge >= 0.3 is 0 Å². The third kappa shape index (κ3) is 4.46. The Bertz CT molecular complexity index is 881. The van der Waals surface area contributed by atoms with Gasteiger partial charge in [-0.05, 0) is 42.3 Å². The summed E-state index contributed by atoms with van der Waals surface area (Å²) >= 11 is 0. The van der Waals surface area contributed by atoms with Crippen LogP contribution in [0.4, 0.5) is 0 Å². The second kappa shape index (κ2) is 8.98. The molecule has 1 heterocycles. The quantitative estimate of drug-likeness (QED) is 0.606. The van der Waals surface area contributed by atoms with Crippen LogP contribution in [0.3, 0.4) is 0 Å². The van der Waals surface area contributed by atoms with Gasteiger partial charge in [-0.25, -0.2) is 4.99 Å². The fourth-order valence-electron chi connectivity index (χ4n) is 2.68. The van der Waals surface area contributed by atoms with Crippen LogP contribution in [0.1, 0.15) is 15.9 Å². The van der Waals surface area contributed by atoms with E-state index in [1.54, 1.807) is 32.4 Å². The lowest BCUT2D eigenvalue weighted by atomic mass is 10.1. The van der Waals surface area contributed by atoms with E-state index in [-0.39, 0.29) is 18.7 Å². The number of methoxy groups -OCH3 is 3. The fraction of sp³-hybridized carbons (Fsp3) is 0.300. The molecule has 8 heteroatoms. The van der Waals surface area contributed by atoms with Crippen molar-refractivity contribution in [1.29, 1.82) is 0 Å². The maximum absolute atomic E-state index is 12.4. The summed E-state index contributed by atoms with van der Waals surface area (Å²) in [6.45, 7) is 0.585. The summed E-state index contributed by atoms with van der Waals surface area (Å²) in [7, 11) is 4.64. The molecular formula is C20H22N2O6. The standard InChI is InChI=1S/C20H22N2O6/c1-24-15-6-4-13(10-17(15)25-2)8-9-21-20(26-3)22-19(23)14-5-7-16-18(11-14)28-12-27-16/h4-7,10-11H,8-9,12H2,1-3H3,(H,21,22,23). The van der Waals surface area contributed by atoms with Crippen LogP contribution in [0.2, 0.25) is 0 Å². The van der Waals surface area contributed by atoms with Crippen LogP contribution in [0.15, 0.2) is 41.4 Å². The van der Waals surface area contributed by atoms with Crippen LogP contribution in [0, 0.1) is 0 Å². The molecule has 28 heavy (non-hydrogen) atoms. The molecule has 148 valence electrons. The average molecular weight is 386 g/mol. The molecular weight excluding hydrogens is 364 g/mol. The minimum Gasteiger partial charge on any atom is -0.493 e. The van der Waals surface area contributed by atoms with Crippen LogP contribution in [0.5, 0.6) is 23.0 Å². The molecule has 0 spiro atoms. The van der Waals surface area contributed by atoms with Gasteiger partial charge in [-0.3, -0.25) is 10.1 Å². The molecule has 0 aliphatic carbocycles.